The lowest BCUT2D eigenvalue weighted by molar-refractivity contribution is -0.141. The Bertz CT molecular complexity index is 1170. The van der Waals surface area contributed by atoms with Crippen LogP contribution in [0.15, 0.2) is 60.7 Å². The van der Waals surface area contributed by atoms with Gasteiger partial charge in [0.25, 0.3) is 0 Å². The van der Waals surface area contributed by atoms with Gasteiger partial charge in [-0.15, -0.1) is 0 Å². The molecule has 0 aromatic heterocycles. The van der Waals surface area contributed by atoms with E-state index in [2.05, 4.69) is 0 Å². The zero-order chi connectivity index (χ0) is 24.2. The summed E-state index contributed by atoms with van der Waals surface area (Å²) in [5.74, 6) is 2.75. The summed E-state index contributed by atoms with van der Waals surface area (Å²) in [6.45, 7) is 1.02. The van der Waals surface area contributed by atoms with Crippen molar-refractivity contribution in [2.45, 2.75) is 19.4 Å². The van der Waals surface area contributed by atoms with Crippen LogP contribution in [0.2, 0.25) is 0 Å². The molecular weight excluding hydrogens is 448 g/mol. The molecule has 0 saturated carbocycles. The standard InChI is InChI=1S/C28H28O7/c1-30-25-13-20(14-26(31-2)27(25)32-15-18-6-4-3-5-7-18)11-22-21(16-33-28(22)29)10-19-8-9-23-24(12-19)35-17-34-23/h3-9,12-14,21-22H,10-11,15-17H2,1-2H3. The van der Waals surface area contributed by atoms with E-state index in [1.807, 2.05) is 60.7 Å². The van der Waals surface area contributed by atoms with Crippen molar-refractivity contribution >= 4 is 5.97 Å². The van der Waals surface area contributed by atoms with Crippen LogP contribution in [0.1, 0.15) is 16.7 Å². The number of carbonyl (C=O) groups excluding carboxylic acids is 1. The number of cyclic esters (lactones) is 1. The van der Waals surface area contributed by atoms with Gasteiger partial charge in [-0.2, -0.15) is 0 Å². The summed E-state index contributed by atoms with van der Waals surface area (Å²) in [7, 11) is 3.19. The fraction of sp³-hybridized carbons (Fsp3) is 0.321. The molecule has 182 valence electrons. The van der Waals surface area contributed by atoms with Crippen molar-refractivity contribution in [2.75, 3.05) is 27.6 Å². The van der Waals surface area contributed by atoms with E-state index in [9.17, 15) is 4.79 Å². The van der Waals surface area contributed by atoms with Gasteiger partial charge >= 0.3 is 5.97 Å². The number of methoxy groups -OCH3 is 2. The molecule has 1 fully saturated rings. The number of hydrogen-bond acceptors (Lipinski definition) is 7. The molecule has 0 spiro atoms. The van der Waals surface area contributed by atoms with Gasteiger partial charge in [-0.05, 0) is 53.8 Å². The fourth-order valence-corrected chi connectivity index (χ4v) is 4.60. The van der Waals surface area contributed by atoms with Crippen molar-refractivity contribution in [3.63, 3.8) is 0 Å². The lowest BCUT2D eigenvalue weighted by atomic mass is 9.85. The maximum atomic E-state index is 12.6. The second kappa shape index (κ2) is 10.2. The first kappa shape index (κ1) is 22.9. The van der Waals surface area contributed by atoms with Gasteiger partial charge in [0.1, 0.15) is 6.61 Å². The van der Waals surface area contributed by atoms with Crippen LogP contribution in [0.3, 0.4) is 0 Å². The third-order valence-electron chi connectivity index (χ3n) is 6.45. The molecule has 0 amide bonds. The van der Waals surface area contributed by atoms with E-state index < -0.39 is 0 Å². The van der Waals surface area contributed by atoms with E-state index >= 15 is 0 Å². The van der Waals surface area contributed by atoms with Gasteiger partial charge in [-0.3, -0.25) is 4.79 Å². The lowest BCUT2D eigenvalue weighted by Crippen LogP contribution is -2.20. The molecule has 7 nitrogen and oxygen atoms in total. The highest BCUT2D eigenvalue weighted by Crippen LogP contribution is 2.41. The first-order valence-electron chi connectivity index (χ1n) is 11.6. The van der Waals surface area contributed by atoms with E-state index in [1.54, 1.807) is 14.2 Å². The Hall–Kier alpha value is -3.87. The molecular formula is C28H28O7. The Morgan fingerprint density at radius 2 is 1.54 bits per heavy atom. The molecule has 7 heteroatoms. The fourth-order valence-electron chi connectivity index (χ4n) is 4.60. The van der Waals surface area contributed by atoms with Gasteiger partial charge in [0, 0.05) is 5.92 Å². The summed E-state index contributed by atoms with van der Waals surface area (Å²) in [6, 6.07) is 19.6. The number of ether oxygens (including phenoxy) is 6. The molecule has 1 saturated heterocycles. The minimum absolute atomic E-state index is 0.0499. The Labute approximate surface area is 204 Å². The second-order valence-electron chi connectivity index (χ2n) is 8.70. The van der Waals surface area contributed by atoms with Gasteiger partial charge < -0.3 is 28.4 Å². The summed E-state index contributed by atoms with van der Waals surface area (Å²) < 4.78 is 33.7. The Balaban J connectivity index is 1.33. The maximum absolute atomic E-state index is 12.6. The molecule has 3 aromatic rings. The number of rotatable bonds is 9. The van der Waals surface area contributed by atoms with Crippen molar-refractivity contribution in [3.05, 3.63) is 77.4 Å². The smallest absolute Gasteiger partial charge is 0.309 e. The van der Waals surface area contributed by atoms with E-state index in [0.717, 1.165) is 28.2 Å². The third-order valence-corrected chi connectivity index (χ3v) is 6.45. The molecule has 3 aromatic carbocycles. The average Bonchev–Trinajstić information content (AvgIpc) is 3.49. The van der Waals surface area contributed by atoms with Crippen LogP contribution < -0.4 is 23.7 Å². The molecule has 2 atom stereocenters. The van der Waals surface area contributed by atoms with Gasteiger partial charge in [-0.25, -0.2) is 0 Å². The highest BCUT2D eigenvalue weighted by atomic mass is 16.7. The van der Waals surface area contributed by atoms with Crippen molar-refractivity contribution in [1.82, 2.24) is 0 Å². The summed E-state index contributed by atoms with van der Waals surface area (Å²) in [4.78, 5) is 12.6. The molecule has 0 bridgehead atoms. The Morgan fingerprint density at radius 1 is 0.800 bits per heavy atom. The third kappa shape index (κ3) is 4.99. The largest absolute Gasteiger partial charge is 0.493 e. The van der Waals surface area contributed by atoms with Gasteiger partial charge in [0.2, 0.25) is 12.5 Å². The van der Waals surface area contributed by atoms with Crippen LogP contribution in [0, 0.1) is 11.8 Å². The lowest BCUT2D eigenvalue weighted by Gasteiger charge is -2.19. The molecule has 2 aliphatic rings. The monoisotopic (exact) mass is 476 g/mol. The van der Waals surface area contributed by atoms with Crippen molar-refractivity contribution in [3.8, 4) is 28.7 Å². The molecule has 0 N–H and O–H groups in total. The van der Waals surface area contributed by atoms with Gasteiger partial charge in [0.15, 0.2) is 23.0 Å². The van der Waals surface area contributed by atoms with Crippen LogP contribution >= 0.6 is 0 Å². The highest BCUT2D eigenvalue weighted by Gasteiger charge is 2.37. The average molecular weight is 477 g/mol. The van der Waals surface area contributed by atoms with Crippen molar-refractivity contribution < 1.29 is 33.2 Å². The van der Waals surface area contributed by atoms with Crippen molar-refractivity contribution in [2.24, 2.45) is 11.8 Å². The minimum Gasteiger partial charge on any atom is -0.493 e. The predicted octanol–water partition coefficient (Wildman–Crippen LogP) is 4.59. The van der Waals surface area contributed by atoms with Crippen LogP contribution in [0.4, 0.5) is 0 Å². The zero-order valence-electron chi connectivity index (χ0n) is 19.8. The summed E-state index contributed by atoms with van der Waals surface area (Å²) in [5.41, 5.74) is 3.05. The molecule has 35 heavy (non-hydrogen) atoms. The first-order valence-corrected chi connectivity index (χ1v) is 11.6. The number of esters is 1. The van der Waals surface area contributed by atoms with E-state index in [-0.39, 0.29) is 24.6 Å². The summed E-state index contributed by atoms with van der Waals surface area (Å²) >= 11 is 0. The summed E-state index contributed by atoms with van der Waals surface area (Å²) in [5, 5.41) is 0. The molecule has 5 rings (SSSR count). The zero-order valence-corrected chi connectivity index (χ0v) is 19.8. The van der Waals surface area contributed by atoms with Gasteiger partial charge in [-0.1, -0.05) is 36.4 Å². The number of carbonyl (C=O) groups is 1. The normalized spacial score (nSPS) is 18.3. The van der Waals surface area contributed by atoms with Crippen LogP contribution in [-0.4, -0.2) is 33.6 Å². The predicted molar refractivity (Wildman–Crippen MR) is 128 cm³/mol. The quantitative estimate of drug-likeness (QED) is 0.419. The van der Waals surface area contributed by atoms with Crippen LogP contribution in [-0.2, 0) is 29.0 Å². The van der Waals surface area contributed by atoms with E-state index in [1.165, 1.54) is 0 Å². The van der Waals surface area contributed by atoms with E-state index in [4.69, 9.17) is 28.4 Å². The molecule has 0 radical (unpaired) electrons. The first-order chi connectivity index (χ1) is 17.1. The Kier molecular flexibility index (Phi) is 6.66. The van der Waals surface area contributed by atoms with Crippen LogP contribution in [0.25, 0.3) is 0 Å². The number of benzene rings is 3. The molecule has 0 aliphatic carbocycles. The second-order valence-corrected chi connectivity index (χ2v) is 8.70. The maximum Gasteiger partial charge on any atom is 0.309 e. The molecule has 2 aliphatic heterocycles. The topological polar surface area (TPSA) is 72.5 Å². The molecule has 2 heterocycles. The number of fused-ring (bicyclic) bond motifs is 1. The van der Waals surface area contributed by atoms with Crippen molar-refractivity contribution in [1.29, 1.82) is 0 Å². The highest BCUT2D eigenvalue weighted by molar-refractivity contribution is 5.75. The Morgan fingerprint density at radius 3 is 2.29 bits per heavy atom. The summed E-state index contributed by atoms with van der Waals surface area (Å²) in [6.07, 6.45) is 1.22. The SMILES string of the molecule is COc1cc(CC2C(=O)OCC2Cc2ccc3c(c2)OCO3)cc(OC)c1OCc1ccccc1. The van der Waals surface area contributed by atoms with Gasteiger partial charge in [0.05, 0.1) is 26.7 Å². The molecule has 2 unspecified atom stereocenters. The number of hydrogen-bond donors (Lipinski definition) is 0. The minimum atomic E-state index is -0.272. The van der Waals surface area contributed by atoms with Crippen LogP contribution in [0.5, 0.6) is 28.7 Å². The van der Waals surface area contributed by atoms with E-state index in [0.29, 0.717) is 43.3 Å².